The fourth-order valence-electron chi connectivity index (χ4n) is 3.11. The Balaban J connectivity index is 1.67. The second-order valence-corrected chi connectivity index (χ2v) is 5.79. The molecule has 0 bridgehead atoms. The van der Waals surface area contributed by atoms with E-state index in [4.69, 9.17) is 9.84 Å². The minimum atomic E-state index is -0.680. The highest BCUT2D eigenvalue weighted by Crippen LogP contribution is 2.28. The van der Waals surface area contributed by atoms with E-state index in [9.17, 15) is 4.79 Å². The van der Waals surface area contributed by atoms with Gasteiger partial charge >= 0.3 is 5.97 Å². The summed E-state index contributed by atoms with van der Waals surface area (Å²) in [4.78, 5) is 22.0. The number of piperidine rings is 1. The number of carboxylic acids is 1. The lowest BCUT2D eigenvalue weighted by molar-refractivity contribution is -0.142. The number of carboxylic acid groups (broad SMARTS) is 1. The van der Waals surface area contributed by atoms with Crippen LogP contribution < -0.4 is 4.90 Å². The SMILES string of the molecule is O=C(O)C1CCN(c2cc(C3CCOCC3)ncn2)CC1. The number of hydrogen-bond acceptors (Lipinski definition) is 5. The highest BCUT2D eigenvalue weighted by Gasteiger charge is 2.26. The van der Waals surface area contributed by atoms with Crippen LogP contribution >= 0.6 is 0 Å². The standard InChI is InChI=1S/C15H21N3O3/c19-15(20)12-1-5-18(6-2-12)14-9-13(16-10-17-14)11-3-7-21-8-4-11/h9-12H,1-8H2,(H,19,20). The summed E-state index contributed by atoms with van der Waals surface area (Å²) in [7, 11) is 0. The molecule has 3 rings (SSSR count). The molecule has 114 valence electrons. The number of rotatable bonds is 3. The van der Waals surface area contributed by atoms with Crippen molar-refractivity contribution in [3.05, 3.63) is 18.1 Å². The maximum absolute atomic E-state index is 11.0. The molecule has 6 nitrogen and oxygen atoms in total. The van der Waals surface area contributed by atoms with Crippen LogP contribution in [0.5, 0.6) is 0 Å². The molecule has 21 heavy (non-hydrogen) atoms. The maximum Gasteiger partial charge on any atom is 0.306 e. The maximum atomic E-state index is 11.0. The van der Waals surface area contributed by atoms with Gasteiger partial charge in [0.15, 0.2) is 0 Å². The normalized spacial score (nSPS) is 21.4. The van der Waals surface area contributed by atoms with E-state index >= 15 is 0 Å². The van der Waals surface area contributed by atoms with Gasteiger partial charge in [0.2, 0.25) is 0 Å². The molecule has 3 heterocycles. The Hall–Kier alpha value is -1.69. The first kappa shape index (κ1) is 14.3. The van der Waals surface area contributed by atoms with Crippen molar-refractivity contribution in [1.29, 1.82) is 0 Å². The van der Waals surface area contributed by atoms with Crippen molar-refractivity contribution in [2.45, 2.75) is 31.6 Å². The molecule has 2 fully saturated rings. The minimum Gasteiger partial charge on any atom is -0.481 e. The summed E-state index contributed by atoms with van der Waals surface area (Å²) in [6, 6.07) is 2.07. The van der Waals surface area contributed by atoms with Gasteiger partial charge in [0.1, 0.15) is 12.1 Å². The molecular weight excluding hydrogens is 270 g/mol. The fourth-order valence-corrected chi connectivity index (χ4v) is 3.11. The number of nitrogens with zero attached hydrogens (tertiary/aromatic N) is 3. The van der Waals surface area contributed by atoms with Crippen LogP contribution in [0, 0.1) is 5.92 Å². The van der Waals surface area contributed by atoms with Crippen molar-refractivity contribution in [2.75, 3.05) is 31.2 Å². The van der Waals surface area contributed by atoms with Crippen LogP contribution in [0.4, 0.5) is 5.82 Å². The summed E-state index contributed by atoms with van der Waals surface area (Å²) < 4.78 is 5.39. The Morgan fingerprint density at radius 3 is 2.57 bits per heavy atom. The molecule has 0 radical (unpaired) electrons. The quantitative estimate of drug-likeness (QED) is 0.913. The van der Waals surface area contributed by atoms with Crippen molar-refractivity contribution < 1.29 is 14.6 Å². The lowest BCUT2D eigenvalue weighted by Crippen LogP contribution is -2.36. The van der Waals surface area contributed by atoms with E-state index in [1.165, 1.54) is 0 Å². The monoisotopic (exact) mass is 291 g/mol. The molecule has 1 aromatic heterocycles. The molecule has 0 aliphatic carbocycles. The number of ether oxygens (including phenoxy) is 1. The van der Waals surface area contributed by atoms with Crippen LogP contribution in [0.3, 0.4) is 0 Å². The molecule has 0 aromatic carbocycles. The molecule has 1 aromatic rings. The van der Waals surface area contributed by atoms with Crippen molar-refractivity contribution in [2.24, 2.45) is 5.92 Å². The van der Waals surface area contributed by atoms with E-state index in [1.807, 2.05) is 0 Å². The number of hydrogen-bond donors (Lipinski definition) is 1. The molecule has 6 heteroatoms. The smallest absolute Gasteiger partial charge is 0.306 e. The summed E-state index contributed by atoms with van der Waals surface area (Å²) in [5, 5.41) is 9.05. The third-order valence-corrected chi connectivity index (χ3v) is 4.48. The van der Waals surface area contributed by atoms with Crippen LogP contribution in [-0.4, -0.2) is 47.3 Å². The average Bonchev–Trinajstić information content (AvgIpc) is 2.56. The van der Waals surface area contributed by atoms with Crippen LogP contribution in [0.15, 0.2) is 12.4 Å². The highest BCUT2D eigenvalue weighted by atomic mass is 16.5. The van der Waals surface area contributed by atoms with E-state index < -0.39 is 5.97 Å². The van der Waals surface area contributed by atoms with Crippen molar-refractivity contribution in [1.82, 2.24) is 9.97 Å². The zero-order valence-corrected chi connectivity index (χ0v) is 12.1. The predicted molar refractivity (Wildman–Crippen MR) is 77.4 cm³/mol. The van der Waals surface area contributed by atoms with Crippen molar-refractivity contribution in [3.8, 4) is 0 Å². The van der Waals surface area contributed by atoms with Gasteiger partial charge in [-0.2, -0.15) is 0 Å². The van der Waals surface area contributed by atoms with Crippen LogP contribution in [0.2, 0.25) is 0 Å². The van der Waals surface area contributed by atoms with Gasteiger partial charge in [0, 0.05) is 44.0 Å². The van der Waals surface area contributed by atoms with Crippen LogP contribution in [0.25, 0.3) is 0 Å². The lowest BCUT2D eigenvalue weighted by atomic mass is 9.95. The zero-order valence-electron chi connectivity index (χ0n) is 12.1. The minimum absolute atomic E-state index is 0.210. The summed E-state index contributed by atoms with van der Waals surface area (Å²) >= 11 is 0. The van der Waals surface area contributed by atoms with Gasteiger partial charge in [-0.3, -0.25) is 4.79 Å². The van der Waals surface area contributed by atoms with Crippen LogP contribution in [-0.2, 0) is 9.53 Å². The zero-order chi connectivity index (χ0) is 14.7. The van der Waals surface area contributed by atoms with E-state index in [2.05, 4.69) is 20.9 Å². The average molecular weight is 291 g/mol. The number of aliphatic carboxylic acids is 1. The molecule has 0 saturated carbocycles. The Labute approximate surface area is 124 Å². The molecular formula is C15H21N3O3. The van der Waals surface area contributed by atoms with Gasteiger partial charge < -0.3 is 14.7 Å². The highest BCUT2D eigenvalue weighted by molar-refractivity contribution is 5.70. The molecule has 2 saturated heterocycles. The topological polar surface area (TPSA) is 75.5 Å². The van der Waals surface area contributed by atoms with Gasteiger partial charge in [0.25, 0.3) is 0 Å². The summed E-state index contributed by atoms with van der Waals surface area (Å²) in [5.74, 6) is 0.491. The number of anilines is 1. The van der Waals surface area contributed by atoms with Gasteiger partial charge in [0.05, 0.1) is 5.92 Å². The van der Waals surface area contributed by atoms with Crippen molar-refractivity contribution >= 4 is 11.8 Å². The Morgan fingerprint density at radius 1 is 1.19 bits per heavy atom. The van der Waals surface area contributed by atoms with Gasteiger partial charge in [-0.15, -0.1) is 0 Å². The Bertz CT molecular complexity index is 495. The fraction of sp³-hybridized carbons (Fsp3) is 0.667. The molecule has 0 amide bonds. The molecule has 1 N–H and O–H groups in total. The Morgan fingerprint density at radius 2 is 1.90 bits per heavy atom. The van der Waals surface area contributed by atoms with E-state index in [0.717, 1.165) is 50.7 Å². The largest absolute Gasteiger partial charge is 0.481 e. The van der Waals surface area contributed by atoms with Gasteiger partial charge in [-0.05, 0) is 25.7 Å². The first-order valence-electron chi connectivity index (χ1n) is 7.61. The van der Waals surface area contributed by atoms with E-state index in [-0.39, 0.29) is 5.92 Å². The lowest BCUT2D eigenvalue weighted by Gasteiger charge is -2.31. The molecule has 0 unspecified atom stereocenters. The second-order valence-electron chi connectivity index (χ2n) is 5.79. The number of carbonyl (C=O) groups is 1. The third kappa shape index (κ3) is 3.32. The third-order valence-electron chi connectivity index (χ3n) is 4.48. The molecule has 2 aliphatic heterocycles. The van der Waals surface area contributed by atoms with E-state index in [0.29, 0.717) is 18.8 Å². The molecule has 0 atom stereocenters. The van der Waals surface area contributed by atoms with E-state index in [1.54, 1.807) is 6.33 Å². The first-order chi connectivity index (χ1) is 10.2. The predicted octanol–water partition coefficient (Wildman–Crippen LogP) is 1.67. The Kier molecular flexibility index (Phi) is 4.34. The molecule has 0 spiro atoms. The molecule has 2 aliphatic rings. The van der Waals surface area contributed by atoms with Crippen molar-refractivity contribution in [3.63, 3.8) is 0 Å². The van der Waals surface area contributed by atoms with Crippen LogP contribution in [0.1, 0.15) is 37.3 Å². The van der Waals surface area contributed by atoms with Gasteiger partial charge in [-0.1, -0.05) is 0 Å². The van der Waals surface area contributed by atoms with Gasteiger partial charge in [-0.25, -0.2) is 9.97 Å². The summed E-state index contributed by atoms with van der Waals surface area (Å²) in [6.07, 6.45) is 5.02. The first-order valence-corrected chi connectivity index (χ1v) is 7.61. The second kappa shape index (κ2) is 6.39. The number of aromatic nitrogens is 2. The summed E-state index contributed by atoms with van der Waals surface area (Å²) in [5.41, 5.74) is 1.09. The summed E-state index contributed by atoms with van der Waals surface area (Å²) in [6.45, 7) is 3.10.